The van der Waals surface area contributed by atoms with Gasteiger partial charge in [-0.3, -0.25) is 4.79 Å². The van der Waals surface area contributed by atoms with E-state index in [1.807, 2.05) is 0 Å². The Hall–Kier alpha value is -1.30. The molecule has 0 heterocycles. The highest BCUT2D eigenvalue weighted by atomic mass is 16.4. The zero-order valence-corrected chi connectivity index (χ0v) is 8.60. The van der Waals surface area contributed by atoms with Crippen molar-refractivity contribution in [3.05, 3.63) is 12.7 Å². The number of carbonyl (C=O) groups is 1. The van der Waals surface area contributed by atoms with E-state index in [0.717, 1.165) is 19.3 Å². The smallest absolute Gasteiger partial charge is 0.307 e. The molecule has 1 unspecified atom stereocenters. The van der Waals surface area contributed by atoms with Crippen LogP contribution < -0.4 is 0 Å². The predicted molar refractivity (Wildman–Crippen MR) is 54.7 cm³/mol. The number of rotatable bonds is 3. The van der Waals surface area contributed by atoms with Crippen molar-refractivity contribution in [2.75, 3.05) is 0 Å². The number of hydrogen-bond donors (Lipinski definition) is 1. The minimum absolute atomic E-state index is 0.0792. The molecule has 2 rings (SSSR count). The second-order valence-electron chi connectivity index (χ2n) is 4.68. The van der Waals surface area contributed by atoms with E-state index in [9.17, 15) is 9.90 Å². The van der Waals surface area contributed by atoms with E-state index in [4.69, 9.17) is 5.26 Å². The lowest BCUT2D eigenvalue weighted by molar-refractivity contribution is -0.145. The van der Waals surface area contributed by atoms with Crippen LogP contribution in [0.25, 0.3) is 0 Å². The summed E-state index contributed by atoms with van der Waals surface area (Å²) in [5.74, 6) is -0.191. The first-order chi connectivity index (χ1) is 7.19. The highest BCUT2D eigenvalue weighted by molar-refractivity contribution is 5.71. The molecule has 0 amide bonds. The SMILES string of the molecule is C=CC[C@H]1[C@@H](C(=O)O)[C@@H]2CC(C#N)[C@H]1C2. The first kappa shape index (κ1) is 10.2. The molecule has 1 N–H and O–H groups in total. The molecule has 5 atom stereocenters. The summed E-state index contributed by atoms with van der Waals surface area (Å²) in [7, 11) is 0. The zero-order valence-electron chi connectivity index (χ0n) is 8.60. The largest absolute Gasteiger partial charge is 0.481 e. The maximum absolute atomic E-state index is 11.2. The molecule has 0 aromatic carbocycles. The molecule has 80 valence electrons. The Labute approximate surface area is 89.4 Å². The van der Waals surface area contributed by atoms with Crippen LogP contribution in [-0.4, -0.2) is 11.1 Å². The van der Waals surface area contributed by atoms with Crippen molar-refractivity contribution in [1.29, 1.82) is 5.26 Å². The van der Waals surface area contributed by atoms with Gasteiger partial charge in [-0.15, -0.1) is 6.58 Å². The van der Waals surface area contributed by atoms with Gasteiger partial charge in [-0.25, -0.2) is 0 Å². The van der Waals surface area contributed by atoms with Gasteiger partial charge in [0, 0.05) is 5.92 Å². The molecule has 0 aromatic heterocycles. The highest BCUT2D eigenvalue weighted by Gasteiger charge is 2.54. The molecule has 0 spiro atoms. The van der Waals surface area contributed by atoms with Crippen LogP contribution in [0.5, 0.6) is 0 Å². The fraction of sp³-hybridized carbons (Fsp3) is 0.667. The molecular weight excluding hydrogens is 190 g/mol. The van der Waals surface area contributed by atoms with Gasteiger partial charge in [0.1, 0.15) is 0 Å². The Balaban J connectivity index is 2.21. The van der Waals surface area contributed by atoms with E-state index >= 15 is 0 Å². The average Bonchev–Trinajstić information content (AvgIpc) is 2.74. The molecule has 0 saturated heterocycles. The van der Waals surface area contributed by atoms with Crippen LogP contribution in [0.15, 0.2) is 12.7 Å². The Morgan fingerprint density at radius 2 is 2.33 bits per heavy atom. The van der Waals surface area contributed by atoms with Crippen LogP contribution in [-0.2, 0) is 4.79 Å². The lowest BCUT2D eigenvalue weighted by atomic mass is 9.73. The summed E-state index contributed by atoms with van der Waals surface area (Å²) in [6.45, 7) is 3.68. The number of carboxylic acid groups (broad SMARTS) is 1. The zero-order chi connectivity index (χ0) is 11.0. The van der Waals surface area contributed by atoms with Gasteiger partial charge in [-0.05, 0) is 37.0 Å². The molecule has 0 radical (unpaired) electrons. The third kappa shape index (κ3) is 1.45. The van der Waals surface area contributed by atoms with Crippen LogP contribution in [0.2, 0.25) is 0 Å². The van der Waals surface area contributed by atoms with E-state index in [1.54, 1.807) is 6.08 Å². The van der Waals surface area contributed by atoms with Crippen LogP contribution in [0, 0.1) is 40.9 Å². The summed E-state index contributed by atoms with van der Waals surface area (Å²) in [6, 6.07) is 2.32. The summed E-state index contributed by atoms with van der Waals surface area (Å²) in [5, 5.41) is 18.1. The van der Waals surface area contributed by atoms with Crippen molar-refractivity contribution in [1.82, 2.24) is 0 Å². The topological polar surface area (TPSA) is 61.1 Å². The van der Waals surface area contributed by atoms with Gasteiger partial charge >= 0.3 is 5.97 Å². The van der Waals surface area contributed by atoms with Gasteiger partial charge in [0.05, 0.1) is 12.0 Å². The van der Waals surface area contributed by atoms with Crippen LogP contribution in [0.3, 0.4) is 0 Å². The molecule has 2 bridgehead atoms. The van der Waals surface area contributed by atoms with E-state index in [2.05, 4.69) is 12.6 Å². The predicted octanol–water partition coefficient (Wildman–Crippen LogP) is 2.06. The molecule has 2 aliphatic rings. The minimum Gasteiger partial charge on any atom is -0.481 e. The number of nitriles is 1. The first-order valence-corrected chi connectivity index (χ1v) is 5.42. The second kappa shape index (κ2) is 3.69. The quantitative estimate of drug-likeness (QED) is 0.717. The van der Waals surface area contributed by atoms with Crippen molar-refractivity contribution in [2.45, 2.75) is 19.3 Å². The van der Waals surface area contributed by atoms with E-state index in [-0.39, 0.29) is 23.7 Å². The Kier molecular flexibility index (Phi) is 2.52. The summed E-state index contributed by atoms with van der Waals surface area (Å²) in [4.78, 5) is 11.2. The molecule has 15 heavy (non-hydrogen) atoms. The lowest BCUT2D eigenvalue weighted by Crippen LogP contribution is -2.32. The fourth-order valence-corrected chi connectivity index (χ4v) is 3.54. The molecular formula is C12H15NO2. The van der Waals surface area contributed by atoms with Crippen LogP contribution in [0.4, 0.5) is 0 Å². The summed E-state index contributed by atoms with van der Waals surface area (Å²) in [5.41, 5.74) is 0. The number of aliphatic carboxylic acids is 1. The van der Waals surface area contributed by atoms with Crippen molar-refractivity contribution >= 4 is 5.97 Å². The van der Waals surface area contributed by atoms with Crippen LogP contribution in [0.1, 0.15) is 19.3 Å². The van der Waals surface area contributed by atoms with Crippen molar-refractivity contribution in [3.8, 4) is 6.07 Å². The van der Waals surface area contributed by atoms with Crippen molar-refractivity contribution in [2.24, 2.45) is 29.6 Å². The Bertz CT molecular complexity index is 331. The summed E-state index contributed by atoms with van der Waals surface area (Å²) < 4.78 is 0. The highest BCUT2D eigenvalue weighted by Crippen LogP contribution is 2.56. The monoisotopic (exact) mass is 205 g/mol. The molecule has 0 aromatic rings. The maximum atomic E-state index is 11.2. The Morgan fingerprint density at radius 1 is 1.60 bits per heavy atom. The number of fused-ring (bicyclic) bond motifs is 2. The molecule has 2 aliphatic carbocycles. The van der Waals surface area contributed by atoms with Crippen LogP contribution >= 0.6 is 0 Å². The first-order valence-electron chi connectivity index (χ1n) is 5.42. The second-order valence-corrected chi connectivity index (χ2v) is 4.68. The molecule has 3 heteroatoms. The summed E-state index contributed by atoms with van der Waals surface area (Å²) >= 11 is 0. The number of carboxylic acids is 1. The normalized spacial score (nSPS) is 42.5. The number of nitrogens with zero attached hydrogens (tertiary/aromatic N) is 1. The van der Waals surface area contributed by atoms with Gasteiger partial charge < -0.3 is 5.11 Å². The van der Waals surface area contributed by atoms with Gasteiger partial charge in [0.25, 0.3) is 0 Å². The molecule has 2 fully saturated rings. The van der Waals surface area contributed by atoms with Crippen molar-refractivity contribution < 1.29 is 9.90 Å². The van der Waals surface area contributed by atoms with Gasteiger partial charge in [0.15, 0.2) is 0 Å². The van der Waals surface area contributed by atoms with Gasteiger partial charge in [-0.1, -0.05) is 6.08 Å². The number of allylic oxidation sites excluding steroid dienone is 1. The maximum Gasteiger partial charge on any atom is 0.307 e. The average molecular weight is 205 g/mol. The standard InChI is InChI=1S/C12H15NO2/c1-2-3-9-10-5-7(4-8(10)6-13)11(9)12(14)15/h2,7-11H,1,3-5H2,(H,14,15)/t7-,8?,9-,10-,11+/m1/s1. The van der Waals surface area contributed by atoms with E-state index in [0.29, 0.717) is 5.92 Å². The Morgan fingerprint density at radius 3 is 2.87 bits per heavy atom. The third-order valence-electron chi connectivity index (χ3n) is 4.06. The molecule has 2 saturated carbocycles. The molecule has 3 nitrogen and oxygen atoms in total. The van der Waals surface area contributed by atoms with Crippen molar-refractivity contribution in [3.63, 3.8) is 0 Å². The number of hydrogen-bond acceptors (Lipinski definition) is 2. The van der Waals surface area contributed by atoms with Gasteiger partial charge in [0.2, 0.25) is 0 Å². The minimum atomic E-state index is -0.689. The van der Waals surface area contributed by atoms with E-state index in [1.165, 1.54) is 0 Å². The molecule has 0 aliphatic heterocycles. The third-order valence-corrected chi connectivity index (χ3v) is 4.06. The lowest BCUT2D eigenvalue weighted by Gasteiger charge is -2.29. The van der Waals surface area contributed by atoms with E-state index < -0.39 is 5.97 Å². The van der Waals surface area contributed by atoms with Gasteiger partial charge in [-0.2, -0.15) is 5.26 Å². The fourth-order valence-electron chi connectivity index (χ4n) is 3.54. The summed E-state index contributed by atoms with van der Waals surface area (Å²) in [6.07, 6.45) is 4.23.